The Morgan fingerprint density at radius 2 is 2.04 bits per heavy atom. The topological polar surface area (TPSA) is 68.3 Å². The Labute approximate surface area is 149 Å². The highest BCUT2D eigenvalue weighted by molar-refractivity contribution is 7.99. The molecule has 0 aliphatic heterocycles. The van der Waals surface area contributed by atoms with Crippen LogP contribution in [0.1, 0.15) is 24.2 Å². The summed E-state index contributed by atoms with van der Waals surface area (Å²) < 4.78 is 5.22. The van der Waals surface area contributed by atoms with E-state index in [0.717, 1.165) is 4.90 Å². The molecule has 0 radical (unpaired) electrons. The van der Waals surface area contributed by atoms with Crippen molar-refractivity contribution in [3.63, 3.8) is 0 Å². The predicted molar refractivity (Wildman–Crippen MR) is 93.4 cm³/mol. The lowest BCUT2D eigenvalue weighted by atomic mass is 10.3. The van der Waals surface area contributed by atoms with Gasteiger partial charge in [-0.25, -0.2) is 9.78 Å². The van der Waals surface area contributed by atoms with E-state index in [9.17, 15) is 9.59 Å². The number of benzene rings is 1. The molecule has 7 heteroatoms. The molecule has 24 heavy (non-hydrogen) atoms. The minimum atomic E-state index is -0.879. The second-order valence-electron chi connectivity index (χ2n) is 4.83. The fourth-order valence-corrected chi connectivity index (χ4v) is 3.00. The molecule has 0 unspecified atom stereocenters. The minimum absolute atomic E-state index is 0.290. The highest BCUT2D eigenvalue weighted by Gasteiger charge is 2.21. The number of aromatic nitrogens is 1. The normalized spacial score (nSPS) is 11.6. The first-order chi connectivity index (χ1) is 11.5. The number of likely N-dealkylation sites (N-methyl/N-ethyl adjacent to an activating group) is 1. The molecular weight excluding hydrogens is 348 g/mol. The zero-order chi connectivity index (χ0) is 17.5. The summed E-state index contributed by atoms with van der Waals surface area (Å²) in [4.78, 5) is 29.1. The maximum absolute atomic E-state index is 12.4. The van der Waals surface area contributed by atoms with E-state index in [1.54, 1.807) is 31.3 Å². The zero-order valence-electron chi connectivity index (χ0n) is 13.3. The third kappa shape index (κ3) is 4.72. The Morgan fingerprint density at radius 3 is 2.75 bits per heavy atom. The van der Waals surface area contributed by atoms with E-state index in [1.807, 2.05) is 18.2 Å². The van der Waals surface area contributed by atoms with Crippen LogP contribution in [0.4, 0.5) is 0 Å². The van der Waals surface area contributed by atoms with Crippen molar-refractivity contribution in [2.75, 3.05) is 6.54 Å². The highest BCUT2D eigenvalue weighted by Crippen LogP contribution is 2.33. The van der Waals surface area contributed by atoms with Crippen LogP contribution in [0.5, 0.6) is 0 Å². The van der Waals surface area contributed by atoms with Crippen molar-refractivity contribution in [2.24, 2.45) is 0 Å². The van der Waals surface area contributed by atoms with Crippen LogP contribution in [0.3, 0.4) is 0 Å². The van der Waals surface area contributed by atoms with Gasteiger partial charge in [0.05, 0.1) is 10.6 Å². The number of hydrogen-bond donors (Lipinski definition) is 1. The van der Waals surface area contributed by atoms with Gasteiger partial charge in [0, 0.05) is 17.6 Å². The lowest BCUT2D eigenvalue weighted by molar-refractivity contribution is -0.128. The van der Waals surface area contributed by atoms with Crippen LogP contribution in [0.15, 0.2) is 52.5 Å². The fraction of sp³-hybridized carbons (Fsp3) is 0.235. The monoisotopic (exact) mass is 364 g/mol. The molecule has 0 aliphatic rings. The van der Waals surface area contributed by atoms with Crippen LogP contribution in [0.2, 0.25) is 5.02 Å². The van der Waals surface area contributed by atoms with Crippen molar-refractivity contribution in [3.8, 4) is 0 Å². The Hall–Kier alpha value is -2.05. The summed E-state index contributed by atoms with van der Waals surface area (Å²) in [5, 5.41) is 3.65. The van der Waals surface area contributed by atoms with Crippen LogP contribution in [-0.4, -0.2) is 29.5 Å². The summed E-state index contributed by atoms with van der Waals surface area (Å²) in [5.74, 6) is -0.938. The molecule has 1 N–H and O–H groups in total. The molecule has 0 aliphatic carbocycles. The number of ether oxygens (including phenoxy) is 1. The van der Waals surface area contributed by atoms with Crippen LogP contribution in [-0.2, 0) is 9.53 Å². The smallest absolute Gasteiger partial charge is 0.341 e. The first-order valence-corrected chi connectivity index (χ1v) is 8.58. The van der Waals surface area contributed by atoms with Crippen molar-refractivity contribution >= 4 is 35.2 Å². The van der Waals surface area contributed by atoms with Gasteiger partial charge in [0.1, 0.15) is 5.03 Å². The molecule has 2 rings (SSSR count). The molecule has 1 amide bonds. The first kappa shape index (κ1) is 18.3. The molecule has 1 aromatic carbocycles. The number of pyridine rings is 1. The number of hydrogen-bond acceptors (Lipinski definition) is 5. The second-order valence-corrected chi connectivity index (χ2v) is 6.27. The number of esters is 1. The van der Waals surface area contributed by atoms with Gasteiger partial charge >= 0.3 is 5.97 Å². The Kier molecular flexibility index (Phi) is 6.63. The maximum Gasteiger partial charge on any atom is 0.341 e. The minimum Gasteiger partial charge on any atom is -0.449 e. The van der Waals surface area contributed by atoms with E-state index in [1.165, 1.54) is 18.7 Å². The van der Waals surface area contributed by atoms with Crippen molar-refractivity contribution in [2.45, 2.75) is 29.9 Å². The fourth-order valence-electron chi connectivity index (χ4n) is 1.85. The molecule has 0 bridgehead atoms. The van der Waals surface area contributed by atoms with Gasteiger partial charge in [0.25, 0.3) is 5.91 Å². The first-order valence-electron chi connectivity index (χ1n) is 7.39. The third-order valence-electron chi connectivity index (χ3n) is 3.04. The van der Waals surface area contributed by atoms with Crippen molar-refractivity contribution < 1.29 is 14.3 Å². The molecule has 1 atom stereocenters. The molecule has 1 heterocycles. The van der Waals surface area contributed by atoms with Crippen LogP contribution >= 0.6 is 23.4 Å². The number of amides is 1. The van der Waals surface area contributed by atoms with E-state index in [2.05, 4.69) is 10.3 Å². The van der Waals surface area contributed by atoms with Gasteiger partial charge in [0.15, 0.2) is 6.10 Å². The van der Waals surface area contributed by atoms with Crippen LogP contribution in [0.25, 0.3) is 0 Å². The average Bonchev–Trinajstić information content (AvgIpc) is 2.57. The summed E-state index contributed by atoms with van der Waals surface area (Å²) in [6, 6.07) is 10.5. The third-order valence-corrected chi connectivity index (χ3v) is 4.57. The highest BCUT2D eigenvalue weighted by atomic mass is 35.5. The second kappa shape index (κ2) is 8.70. The lowest BCUT2D eigenvalue weighted by Crippen LogP contribution is -2.35. The van der Waals surface area contributed by atoms with Crippen molar-refractivity contribution in [1.82, 2.24) is 10.3 Å². The van der Waals surface area contributed by atoms with E-state index < -0.39 is 12.1 Å². The largest absolute Gasteiger partial charge is 0.449 e. The number of nitrogens with one attached hydrogen (secondary N) is 1. The number of nitrogens with zero attached hydrogens (tertiary/aromatic N) is 1. The van der Waals surface area contributed by atoms with Crippen molar-refractivity contribution in [3.05, 3.63) is 53.2 Å². The number of carbonyl (C=O) groups excluding carboxylic acids is 2. The summed E-state index contributed by atoms with van der Waals surface area (Å²) in [7, 11) is 0. The summed E-state index contributed by atoms with van der Waals surface area (Å²) in [6.07, 6.45) is 0.708. The molecule has 0 fully saturated rings. The van der Waals surface area contributed by atoms with Gasteiger partial charge in [-0.05, 0) is 38.1 Å². The number of carbonyl (C=O) groups is 2. The van der Waals surface area contributed by atoms with Gasteiger partial charge in [-0.2, -0.15) is 0 Å². The molecule has 5 nitrogen and oxygen atoms in total. The SMILES string of the molecule is CCNC(=O)[C@H](C)OC(=O)c1cccnc1Sc1ccccc1Cl. The van der Waals surface area contributed by atoms with E-state index in [4.69, 9.17) is 16.3 Å². The molecule has 0 saturated carbocycles. The Bertz CT molecular complexity index is 739. The quantitative estimate of drug-likeness (QED) is 0.793. The van der Waals surface area contributed by atoms with Gasteiger partial charge in [-0.15, -0.1) is 0 Å². The number of rotatable bonds is 6. The predicted octanol–water partition coefficient (Wildman–Crippen LogP) is 3.57. The standard InChI is InChI=1S/C17H17ClN2O3S/c1-3-19-15(21)11(2)23-17(22)12-7-6-10-20-16(12)24-14-9-5-4-8-13(14)18/h4-11H,3H2,1-2H3,(H,19,21)/t11-/m0/s1. The summed E-state index contributed by atoms with van der Waals surface area (Å²) >= 11 is 7.42. The van der Waals surface area contributed by atoms with Gasteiger partial charge in [-0.3, -0.25) is 4.79 Å². The molecule has 2 aromatic rings. The van der Waals surface area contributed by atoms with E-state index >= 15 is 0 Å². The summed E-state index contributed by atoms with van der Waals surface area (Å²) in [6.45, 7) is 3.80. The lowest BCUT2D eigenvalue weighted by Gasteiger charge is -2.14. The Morgan fingerprint density at radius 1 is 1.29 bits per heavy atom. The molecule has 1 aromatic heterocycles. The van der Waals surface area contributed by atoms with E-state index in [-0.39, 0.29) is 5.91 Å². The summed E-state index contributed by atoms with van der Waals surface area (Å²) in [5.41, 5.74) is 0.290. The number of halogens is 1. The molecule has 0 saturated heterocycles. The Balaban J connectivity index is 2.18. The molecular formula is C17H17ClN2O3S. The average molecular weight is 365 g/mol. The zero-order valence-corrected chi connectivity index (χ0v) is 14.9. The van der Waals surface area contributed by atoms with E-state index in [0.29, 0.717) is 22.2 Å². The van der Waals surface area contributed by atoms with Crippen LogP contribution < -0.4 is 5.32 Å². The maximum atomic E-state index is 12.4. The molecule has 126 valence electrons. The van der Waals surface area contributed by atoms with Gasteiger partial charge in [-0.1, -0.05) is 35.5 Å². The van der Waals surface area contributed by atoms with Gasteiger partial charge < -0.3 is 10.1 Å². The van der Waals surface area contributed by atoms with Gasteiger partial charge in [0.2, 0.25) is 0 Å². The van der Waals surface area contributed by atoms with Crippen molar-refractivity contribution in [1.29, 1.82) is 0 Å². The van der Waals surface area contributed by atoms with Crippen LogP contribution in [0, 0.1) is 0 Å². The molecule has 0 spiro atoms.